The summed E-state index contributed by atoms with van der Waals surface area (Å²) in [6.07, 6.45) is -0.230. The van der Waals surface area contributed by atoms with Crippen LogP contribution in [-0.4, -0.2) is 55.0 Å². The van der Waals surface area contributed by atoms with Crippen LogP contribution < -0.4 is 5.32 Å². The smallest absolute Gasteiger partial charge is 0.269 e. The summed E-state index contributed by atoms with van der Waals surface area (Å²) in [4.78, 5) is 39.2. The first-order valence-corrected chi connectivity index (χ1v) is 11.3. The Hall–Kier alpha value is -3.20. The Balaban J connectivity index is 1.79. The van der Waals surface area contributed by atoms with E-state index in [2.05, 4.69) is 5.32 Å². The molecule has 2 aromatic rings. The Bertz CT molecular complexity index is 1130. The molecule has 0 aliphatic carbocycles. The molecule has 9 heteroatoms. The number of nitrogens with one attached hydrogen (secondary N) is 1. The molecule has 1 heterocycles. The molecule has 8 nitrogen and oxygen atoms in total. The fourth-order valence-electron chi connectivity index (χ4n) is 3.59. The quantitative estimate of drug-likeness (QED) is 0.701. The van der Waals surface area contributed by atoms with E-state index >= 15 is 0 Å². The zero-order chi connectivity index (χ0) is 22.8. The van der Waals surface area contributed by atoms with E-state index in [0.29, 0.717) is 0 Å². The highest BCUT2D eigenvalue weighted by molar-refractivity contribution is 7.90. The van der Waals surface area contributed by atoms with Crippen LogP contribution >= 0.6 is 0 Å². The first kappa shape index (κ1) is 22.5. The highest BCUT2D eigenvalue weighted by Gasteiger charge is 2.41. The van der Waals surface area contributed by atoms with E-state index in [9.17, 15) is 22.8 Å². The lowest BCUT2D eigenvalue weighted by Gasteiger charge is -2.29. The lowest BCUT2D eigenvalue weighted by Crippen LogP contribution is -2.47. The molecule has 1 N–H and O–H groups in total. The van der Waals surface area contributed by atoms with Crippen LogP contribution in [0.4, 0.5) is 0 Å². The van der Waals surface area contributed by atoms with Crippen LogP contribution in [0.3, 0.4) is 0 Å². The summed E-state index contributed by atoms with van der Waals surface area (Å²) in [5.74, 6) is -1.40. The fourth-order valence-corrected chi connectivity index (χ4v) is 5.16. The van der Waals surface area contributed by atoms with Crippen LogP contribution in [0.15, 0.2) is 53.4 Å². The predicted octanol–water partition coefficient (Wildman–Crippen LogP) is 1.69. The zero-order valence-corrected chi connectivity index (χ0v) is 18.5. The Labute approximate surface area is 181 Å². The normalized spacial score (nSPS) is 15.3. The molecule has 31 heavy (non-hydrogen) atoms. The number of hydrogen-bond acceptors (Lipinski definition) is 5. The van der Waals surface area contributed by atoms with Crippen molar-refractivity contribution in [1.82, 2.24) is 14.5 Å². The molecule has 0 aromatic heterocycles. The number of aryl methyl sites for hydroxylation is 1. The zero-order valence-electron chi connectivity index (χ0n) is 17.7. The minimum atomic E-state index is -3.99. The van der Waals surface area contributed by atoms with E-state index < -0.39 is 27.9 Å². The van der Waals surface area contributed by atoms with Gasteiger partial charge < -0.3 is 10.2 Å². The lowest BCUT2D eigenvalue weighted by atomic mass is 10.1. The maximum Gasteiger partial charge on any atom is 0.269 e. The number of benzene rings is 2. The van der Waals surface area contributed by atoms with Crippen LogP contribution in [0.2, 0.25) is 0 Å². The summed E-state index contributed by atoms with van der Waals surface area (Å²) >= 11 is 0. The van der Waals surface area contributed by atoms with Gasteiger partial charge in [-0.05, 0) is 31.5 Å². The minimum Gasteiger partial charge on any atom is -0.357 e. The maximum absolute atomic E-state index is 13.1. The summed E-state index contributed by atoms with van der Waals surface area (Å²) in [6, 6.07) is 12.8. The summed E-state index contributed by atoms with van der Waals surface area (Å²) in [5, 5.41) is 2.53. The monoisotopic (exact) mass is 443 g/mol. The molecule has 1 aliphatic heterocycles. The van der Waals surface area contributed by atoms with E-state index in [0.717, 1.165) is 15.4 Å². The molecule has 3 amide bonds. The molecular formula is C22H25N3O5S. The average Bonchev–Trinajstić information content (AvgIpc) is 2.95. The van der Waals surface area contributed by atoms with Gasteiger partial charge in [0.1, 0.15) is 10.9 Å². The second-order valence-corrected chi connectivity index (χ2v) is 9.26. The van der Waals surface area contributed by atoms with Crippen LogP contribution in [0, 0.1) is 6.92 Å². The molecule has 0 unspecified atom stereocenters. The third-order valence-corrected chi connectivity index (χ3v) is 7.13. The van der Waals surface area contributed by atoms with Gasteiger partial charge in [-0.2, -0.15) is 0 Å². The Morgan fingerprint density at radius 2 is 1.84 bits per heavy atom. The first-order chi connectivity index (χ1) is 14.7. The number of likely N-dealkylation sites (N-methyl/N-ethyl adjacent to an activating group) is 1. The van der Waals surface area contributed by atoms with Crippen molar-refractivity contribution in [2.24, 2.45) is 0 Å². The molecular weight excluding hydrogens is 418 g/mol. The van der Waals surface area contributed by atoms with E-state index in [-0.39, 0.29) is 35.9 Å². The molecule has 164 valence electrons. The molecule has 0 saturated heterocycles. The number of rotatable bonds is 7. The Kier molecular flexibility index (Phi) is 6.45. The Morgan fingerprint density at radius 3 is 2.48 bits per heavy atom. The number of sulfonamides is 1. The van der Waals surface area contributed by atoms with Gasteiger partial charge in [-0.25, -0.2) is 12.7 Å². The van der Waals surface area contributed by atoms with Crippen molar-refractivity contribution in [3.8, 4) is 0 Å². The van der Waals surface area contributed by atoms with Crippen molar-refractivity contribution < 1.29 is 22.8 Å². The van der Waals surface area contributed by atoms with Gasteiger partial charge >= 0.3 is 0 Å². The van der Waals surface area contributed by atoms with Crippen molar-refractivity contribution in [1.29, 1.82) is 0 Å². The van der Waals surface area contributed by atoms with Gasteiger partial charge in [-0.1, -0.05) is 42.0 Å². The summed E-state index contributed by atoms with van der Waals surface area (Å²) < 4.78 is 26.1. The third-order valence-electron chi connectivity index (χ3n) is 5.29. The molecule has 3 rings (SSSR count). The SMILES string of the molecule is CNC(=O)[C@@H](C)N(Cc1cccc(C)c1)C(=O)CCN1C(=O)c2ccccc2S1(=O)=O. The van der Waals surface area contributed by atoms with E-state index in [4.69, 9.17) is 0 Å². The largest absolute Gasteiger partial charge is 0.357 e. The summed E-state index contributed by atoms with van der Waals surface area (Å²) in [7, 11) is -2.50. The Morgan fingerprint density at radius 1 is 1.13 bits per heavy atom. The van der Waals surface area contributed by atoms with Gasteiger partial charge in [0.05, 0.1) is 5.56 Å². The first-order valence-electron chi connectivity index (χ1n) is 9.89. The average molecular weight is 444 g/mol. The lowest BCUT2D eigenvalue weighted by molar-refractivity contribution is -0.140. The van der Waals surface area contributed by atoms with Crippen LogP contribution in [0.25, 0.3) is 0 Å². The molecule has 0 bridgehead atoms. The standard InChI is InChI=1S/C22H25N3O5S/c1-15-7-6-8-17(13-15)14-24(16(2)21(27)23-3)20(26)11-12-25-22(28)18-9-4-5-10-19(18)31(25,29)30/h4-10,13,16H,11-12,14H2,1-3H3,(H,23,27)/t16-/m1/s1. The molecule has 0 fully saturated rings. The van der Waals surface area contributed by atoms with Crippen LogP contribution in [0.5, 0.6) is 0 Å². The van der Waals surface area contributed by atoms with E-state index in [1.807, 2.05) is 31.2 Å². The van der Waals surface area contributed by atoms with Gasteiger partial charge in [0.15, 0.2) is 0 Å². The van der Waals surface area contributed by atoms with Gasteiger partial charge in [-0.15, -0.1) is 0 Å². The third kappa shape index (κ3) is 4.46. The van der Waals surface area contributed by atoms with Crippen LogP contribution in [-0.2, 0) is 26.2 Å². The molecule has 0 spiro atoms. The number of fused-ring (bicyclic) bond motifs is 1. The number of amides is 3. The molecule has 0 saturated carbocycles. The van der Waals surface area contributed by atoms with Crippen molar-refractivity contribution >= 4 is 27.7 Å². The van der Waals surface area contributed by atoms with E-state index in [1.165, 1.54) is 24.1 Å². The van der Waals surface area contributed by atoms with Crippen molar-refractivity contribution in [2.45, 2.75) is 37.8 Å². The number of nitrogens with zero attached hydrogens (tertiary/aromatic N) is 2. The summed E-state index contributed by atoms with van der Waals surface area (Å²) in [5.41, 5.74) is 1.97. The second kappa shape index (κ2) is 8.89. The van der Waals surface area contributed by atoms with Crippen molar-refractivity contribution in [3.05, 3.63) is 65.2 Å². The molecule has 1 aliphatic rings. The van der Waals surface area contributed by atoms with Gasteiger partial charge in [0.2, 0.25) is 11.8 Å². The highest BCUT2D eigenvalue weighted by Crippen LogP contribution is 2.30. The topological polar surface area (TPSA) is 104 Å². The maximum atomic E-state index is 13.1. The fraction of sp³-hybridized carbons (Fsp3) is 0.318. The van der Waals surface area contributed by atoms with Crippen molar-refractivity contribution in [3.63, 3.8) is 0 Å². The van der Waals surface area contributed by atoms with Crippen molar-refractivity contribution in [2.75, 3.05) is 13.6 Å². The van der Waals surface area contributed by atoms with Gasteiger partial charge in [0, 0.05) is 26.6 Å². The number of carbonyl (C=O) groups excluding carboxylic acids is 3. The predicted molar refractivity (Wildman–Crippen MR) is 115 cm³/mol. The molecule has 2 aromatic carbocycles. The van der Waals surface area contributed by atoms with E-state index in [1.54, 1.807) is 19.1 Å². The number of carbonyl (C=O) groups is 3. The van der Waals surface area contributed by atoms with Gasteiger partial charge in [-0.3, -0.25) is 14.4 Å². The molecule has 1 atom stereocenters. The van der Waals surface area contributed by atoms with Gasteiger partial charge in [0.25, 0.3) is 15.9 Å². The minimum absolute atomic E-state index is 0.0530. The van der Waals surface area contributed by atoms with Crippen LogP contribution in [0.1, 0.15) is 34.8 Å². The summed E-state index contributed by atoms with van der Waals surface area (Å²) in [6.45, 7) is 3.44. The second-order valence-electron chi connectivity index (χ2n) is 7.43. The number of hydrogen-bond donors (Lipinski definition) is 1. The highest BCUT2D eigenvalue weighted by atomic mass is 32.2. The molecule has 0 radical (unpaired) electrons.